The summed E-state index contributed by atoms with van der Waals surface area (Å²) >= 11 is 0. The van der Waals surface area contributed by atoms with Gasteiger partial charge in [-0.2, -0.15) is 5.10 Å². The number of rotatable bonds is 4. The van der Waals surface area contributed by atoms with Crippen molar-refractivity contribution in [2.75, 3.05) is 5.32 Å². The highest BCUT2D eigenvalue weighted by Crippen LogP contribution is 2.20. The lowest BCUT2D eigenvalue weighted by atomic mass is 10.1. The first-order chi connectivity index (χ1) is 8.97. The van der Waals surface area contributed by atoms with Crippen molar-refractivity contribution < 1.29 is 8.78 Å². The Labute approximate surface area is 111 Å². The number of hydrogen-bond donors (Lipinski definition) is 1. The van der Waals surface area contributed by atoms with Crippen LogP contribution in [0.25, 0.3) is 0 Å². The molecular weight excluding hydrogens is 248 g/mol. The summed E-state index contributed by atoms with van der Waals surface area (Å²) in [5, 5.41) is 7.28. The summed E-state index contributed by atoms with van der Waals surface area (Å²) in [6.07, 6.45) is 1.89. The van der Waals surface area contributed by atoms with Gasteiger partial charge in [0.05, 0.1) is 11.4 Å². The molecule has 0 radical (unpaired) electrons. The van der Waals surface area contributed by atoms with Crippen molar-refractivity contribution in [3.8, 4) is 0 Å². The van der Waals surface area contributed by atoms with E-state index in [1.54, 1.807) is 4.68 Å². The Kier molecular flexibility index (Phi) is 3.83. The first-order valence-corrected chi connectivity index (χ1v) is 6.18. The van der Waals surface area contributed by atoms with Gasteiger partial charge in [-0.05, 0) is 24.1 Å². The van der Waals surface area contributed by atoms with Crippen LogP contribution in [0.5, 0.6) is 0 Å². The molecule has 19 heavy (non-hydrogen) atoms. The standard InChI is InChI=1S/C14H17F2N3/c1-9(2)14-10(8-19(3)18-14)7-17-13-6-11(15)4-5-12(13)16/h4-6,8-9,17H,7H2,1-3H3. The Hall–Kier alpha value is -1.91. The van der Waals surface area contributed by atoms with Crippen LogP contribution in [-0.4, -0.2) is 9.78 Å². The lowest BCUT2D eigenvalue weighted by Gasteiger charge is -2.09. The SMILES string of the molecule is CC(C)c1nn(C)cc1CNc1cc(F)ccc1F. The molecule has 0 aliphatic carbocycles. The number of aromatic nitrogens is 2. The quantitative estimate of drug-likeness (QED) is 0.917. The number of nitrogens with zero attached hydrogens (tertiary/aromatic N) is 2. The topological polar surface area (TPSA) is 29.9 Å². The first kappa shape index (κ1) is 13.5. The van der Waals surface area contributed by atoms with E-state index in [1.165, 1.54) is 0 Å². The second-order valence-corrected chi connectivity index (χ2v) is 4.85. The molecule has 1 heterocycles. The maximum atomic E-state index is 13.5. The number of halogens is 2. The van der Waals surface area contributed by atoms with Gasteiger partial charge in [-0.15, -0.1) is 0 Å². The van der Waals surface area contributed by atoms with Gasteiger partial charge in [0, 0.05) is 25.4 Å². The summed E-state index contributed by atoms with van der Waals surface area (Å²) in [5.41, 5.74) is 2.12. The van der Waals surface area contributed by atoms with Crippen LogP contribution < -0.4 is 5.32 Å². The van der Waals surface area contributed by atoms with E-state index in [0.29, 0.717) is 6.54 Å². The van der Waals surface area contributed by atoms with Crippen LogP contribution in [0, 0.1) is 11.6 Å². The van der Waals surface area contributed by atoms with Gasteiger partial charge in [-0.3, -0.25) is 4.68 Å². The van der Waals surface area contributed by atoms with Crippen molar-refractivity contribution in [2.24, 2.45) is 7.05 Å². The van der Waals surface area contributed by atoms with Crippen LogP contribution in [0.15, 0.2) is 24.4 Å². The number of anilines is 1. The molecule has 2 rings (SSSR count). The number of aryl methyl sites for hydroxylation is 1. The number of nitrogens with one attached hydrogen (secondary N) is 1. The fraction of sp³-hybridized carbons (Fsp3) is 0.357. The van der Waals surface area contributed by atoms with E-state index in [9.17, 15) is 8.78 Å². The summed E-state index contributed by atoms with van der Waals surface area (Å²) in [6.45, 7) is 4.52. The monoisotopic (exact) mass is 265 g/mol. The minimum atomic E-state index is -0.462. The van der Waals surface area contributed by atoms with Gasteiger partial charge >= 0.3 is 0 Å². The van der Waals surface area contributed by atoms with Gasteiger partial charge in [-0.25, -0.2) is 8.78 Å². The molecule has 0 amide bonds. The molecule has 1 aromatic carbocycles. The summed E-state index contributed by atoms with van der Waals surface area (Å²) < 4.78 is 28.3. The summed E-state index contributed by atoms with van der Waals surface area (Å²) in [4.78, 5) is 0. The fourth-order valence-corrected chi connectivity index (χ4v) is 2.00. The van der Waals surface area contributed by atoms with Gasteiger partial charge in [0.1, 0.15) is 11.6 Å². The lowest BCUT2D eigenvalue weighted by molar-refractivity contribution is 0.602. The highest BCUT2D eigenvalue weighted by Gasteiger charge is 2.12. The van der Waals surface area contributed by atoms with Crippen LogP contribution in [0.2, 0.25) is 0 Å². The summed E-state index contributed by atoms with van der Waals surface area (Å²) in [6, 6.07) is 3.37. The van der Waals surface area contributed by atoms with Crippen molar-refractivity contribution >= 4 is 5.69 Å². The predicted octanol–water partition coefficient (Wildman–Crippen LogP) is 3.43. The van der Waals surface area contributed by atoms with E-state index in [2.05, 4.69) is 24.3 Å². The van der Waals surface area contributed by atoms with Crippen LogP contribution >= 0.6 is 0 Å². The van der Waals surface area contributed by atoms with E-state index in [0.717, 1.165) is 29.5 Å². The molecule has 0 saturated heterocycles. The zero-order valence-corrected chi connectivity index (χ0v) is 11.2. The molecule has 0 spiro atoms. The molecule has 102 valence electrons. The van der Waals surface area contributed by atoms with E-state index >= 15 is 0 Å². The predicted molar refractivity (Wildman–Crippen MR) is 71.0 cm³/mol. The molecule has 0 aliphatic rings. The highest BCUT2D eigenvalue weighted by atomic mass is 19.1. The second kappa shape index (κ2) is 5.38. The molecule has 1 N–H and O–H groups in total. The largest absolute Gasteiger partial charge is 0.378 e. The van der Waals surface area contributed by atoms with Crippen LogP contribution in [0.4, 0.5) is 14.5 Å². The van der Waals surface area contributed by atoms with Crippen LogP contribution in [-0.2, 0) is 13.6 Å². The Morgan fingerprint density at radius 1 is 1.32 bits per heavy atom. The molecule has 3 nitrogen and oxygen atoms in total. The second-order valence-electron chi connectivity index (χ2n) is 4.85. The number of benzene rings is 1. The van der Waals surface area contributed by atoms with E-state index in [4.69, 9.17) is 0 Å². The molecule has 2 aromatic rings. The molecule has 1 aromatic heterocycles. The smallest absolute Gasteiger partial charge is 0.146 e. The van der Waals surface area contributed by atoms with Crippen molar-refractivity contribution in [1.29, 1.82) is 0 Å². The molecule has 0 saturated carbocycles. The van der Waals surface area contributed by atoms with E-state index in [-0.39, 0.29) is 11.6 Å². The summed E-state index contributed by atoms with van der Waals surface area (Å²) in [7, 11) is 1.85. The third kappa shape index (κ3) is 3.10. The molecule has 5 heteroatoms. The van der Waals surface area contributed by atoms with Crippen LogP contribution in [0.3, 0.4) is 0 Å². The first-order valence-electron chi connectivity index (χ1n) is 6.18. The van der Waals surface area contributed by atoms with Gasteiger partial charge in [0.2, 0.25) is 0 Å². The highest BCUT2D eigenvalue weighted by molar-refractivity contribution is 5.45. The maximum absolute atomic E-state index is 13.5. The van der Waals surface area contributed by atoms with Crippen LogP contribution in [0.1, 0.15) is 31.0 Å². The average molecular weight is 265 g/mol. The molecule has 0 unspecified atom stereocenters. The third-order valence-corrected chi connectivity index (χ3v) is 2.88. The number of hydrogen-bond acceptors (Lipinski definition) is 2. The normalized spacial score (nSPS) is 11.1. The molecular formula is C14H17F2N3. The average Bonchev–Trinajstić information content (AvgIpc) is 2.72. The minimum absolute atomic E-state index is 0.165. The van der Waals surface area contributed by atoms with Gasteiger partial charge in [0.15, 0.2) is 0 Å². The van der Waals surface area contributed by atoms with Gasteiger partial charge in [0.25, 0.3) is 0 Å². The Morgan fingerprint density at radius 2 is 2.05 bits per heavy atom. The van der Waals surface area contributed by atoms with Crippen molar-refractivity contribution in [3.63, 3.8) is 0 Å². The van der Waals surface area contributed by atoms with Gasteiger partial charge in [-0.1, -0.05) is 13.8 Å². The zero-order valence-electron chi connectivity index (χ0n) is 11.2. The molecule has 0 fully saturated rings. The third-order valence-electron chi connectivity index (χ3n) is 2.88. The molecule has 0 bridgehead atoms. The van der Waals surface area contributed by atoms with Gasteiger partial charge < -0.3 is 5.32 Å². The Morgan fingerprint density at radius 3 is 2.74 bits per heavy atom. The van der Waals surface area contributed by atoms with Crippen molar-refractivity contribution in [3.05, 3.63) is 47.3 Å². The Bertz CT molecular complexity index is 576. The zero-order chi connectivity index (χ0) is 14.0. The minimum Gasteiger partial charge on any atom is -0.378 e. The molecule has 0 atom stereocenters. The molecule has 0 aliphatic heterocycles. The maximum Gasteiger partial charge on any atom is 0.146 e. The lowest BCUT2D eigenvalue weighted by Crippen LogP contribution is -2.04. The Balaban J connectivity index is 2.16. The van der Waals surface area contributed by atoms with Crippen molar-refractivity contribution in [1.82, 2.24) is 9.78 Å². The van der Waals surface area contributed by atoms with E-state index in [1.807, 2.05) is 13.2 Å². The summed E-state index contributed by atoms with van der Waals surface area (Å²) in [5.74, 6) is -0.633. The van der Waals surface area contributed by atoms with Crippen molar-refractivity contribution in [2.45, 2.75) is 26.3 Å². The fourth-order valence-electron chi connectivity index (χ4n) is 2.00. The van der Waals surface area contributed by atoms with E-state index < -0.39 is 11.6 Å².